The van der Waals surface area contributed by atoms with Crippen LogP contribution in [0.1, 0.15) is 29.8 Å². The topological polar surface area (TPSA) is 58.7 Å². The maximum absolute atomic E-state index is 13.6. The van der Waals surface area contributed by atoms with Crippen LogP contribution in [0.4, 0.5) is 10.1 Å². The summed E-state index contributed by atoms with van der Waals surface area (Å²) < 4.78 is 15.4. The Hall–Kier alpha value is -4.23. The van der Waals surface area contributed by atoms with E-state index < -0.39 is 0 Å². The molecule has 3 aromatic carbocycles. The minimum atomic E-state index is -0.174. The molecule has 7 heteroatoms. The van der Waals surface area contributed by atoms with Crippen LogP contribution in [0.25, 0.3) is 28.2 Å². The van der Waals surface area contributed by atoms with E-state index in [4.69, 9.17) is 9.98 Å². The molecule has 0 N–H and O–H groups in total. The first-order valence-electron chi connectivity index (χ1n) is 13.6. The van der Waals surface area contributed by atoms with Crippen molar-refractivity contribution in [2.45, 2.75) is 32.7 Å². The average molecular weight is 517 g/mol. The monoisotopic (exact) mass is 516 g/mol. The maximum atomic E-state index is 13.6. The lowest BCUT2D eigenvalue weighted by atomic mass is 9.89. The van der Waals surface area contributed by atoms with Gasteiger partial charge in [-0.2, -0.15) is 10.1 Å². The first kappa shape index (κ1) is 23.9. The van der Waals surface area contributed by atoms with Crippen LogP contribution in [-0.4, -0.2) is 43.3 Å². The first-order chi connectivity index (χ1) is 19.1. The highest BCUT2D eigenvalue weighted by Crippen LogP contribution is 2.34. The lowest BCUT2D eigenvalue weighted by Crippen LogP contribution is -2.36. The van der Waals surface area contributed by atoms with Crippen molar-refractivity contribution in [2.24, 2.45) is 10.9 Å². The van der Waals surface area contributed by atoms with E-state index in [9.17, 15) is 4.39 Å². The number of piperidine rings is 1. The van der Waals surface area contributed by atoms with E-state index in [1.54, 1.807) is 16.6 Å². The van der Waals surface area contributed by atoms with Gasteiger partial charge in [0, 0.05) is 41.9 Å². The van der Waals surface area contributed by atoms with Crippen molar-refractivity contribution in [3.63, 3.8) is 0 Å². The predicted molar refractivity (Wildman–Crippen MR) is 152 cm³/mol. The van der Waals surface area contributed by atoms with Crippen molar-refractivity contribution in [3.05, 3.63) is 102 Å². The summed E-state index contributed by atoms with van der Waals surface area (Å²) in [6.45, 7) is 4.89. The molecular formula is C32H29FN6. The number of hydrogen-bond donors (Lipinski definition) is 0. The number of fused-ring (bicyclic) bond motifs is 2. The number of rotatable bonds is 5. The van der Waals surface area contributed by atoms with Crippen LogP contribution < -0.4 is 0 Å². The molecule has 194 valence electrons. The van der Waals surface area contributed by atoms with E-state index in [2.05, 4.69) is 51.4 Å². The summed E-state index contributed by atoms with van der Waals surface area (Å²) in [6, 6.07) is 24.0. The fraction of sp³-hybridized carbons (Fsp3) is 0.250. The molecule has 0 bridgehead atoms. The number of likely N-dealkylation sites (tertiary alicyclic amines) is 1. The minimum absolute atomic E-state index is 0.174. The SMILES string of the molecule is Cc1nc2nc(-c3ccc(CN4CCC(C5=Nc6ccc(F)cc6C5)CC4)cc3)c(-c3ccccc3)cn2n1. The molecule has 4 heterocycles. The normalized spacial score (nSPS) is 16.0. The molecule has 0 unspecified atom stereocenters. The number of benzene rings is 3. The molecule has 0 saturated carbocycles. The highest BCUT2D eigenvalue weighted by Gasteiger charge is 2.27. The number of nitrogens with zero attached hydrogens (tertiary/aromatic N) is 6. The van der Waals surface area contributed by atoms with Gasteiger partial charge in [0.1, 0.15) is 11.6 Å². The number of aromatic nitrogens is 4. The van der Waals surface area contributed by atoms with Crippen LogP contribution in [0.2, 0.25) is 0 Å². The molecular weight excluding hydrogens is 487 g/mol. The number of halogens is 1. The summed E-state index contributed by atoms with van der Waals surface area (Å²) in [5.41, 5.74) is 8.58. The van der Waals surface area contributed by atoms with Gasteiger partial charge in [-0.3, -0.25) is 9.89 Å². The molecule has 1 saturated heterocycles. The van der Waals surface area contributed by atoms with Crippen molar-refractivity contribution >= 4 is 17.2 Å². The van der Waals surface area contributed by atoms with Crippen LogP contribution in [0, 0.1) is 18.7 Å². The second kappa shape index (κ2) is 9.82. The number of hydrogen-bond acceptors (Lipinski definition) is 5. The fourth-order valence-corrected chi connectivity index (χ4v) is 5.85. The third-order valence-corrected chi connectivity index (χ3v) is 7.89. The molecule has 2 aliphatic rings. The Kier molecular flexibility index (Phi) is 6.01. The summed E-state index contributed by atoms with van der Waals surface area (Å²) >= 11 is 0. The summed E-state index contributed by atoms with van der Waals surface area (Å²) in [4.78, 5) is 16.7. The molecule has 5 aromatic rings. The molecule has 2 aromatic heterocycles. The molecule has 6 nitrogen and oxygen atoms in total. The van der Waals surface area contributed by atoms with E-state index in [0.29, 0.717) is 17.5 Å². The third kappa shape index (κ3) is 4.74. The Morgan fingerprint density at radius 1 is 0.897 bits per heavy atom. The van der Waals surface area contributed by atoms with Crippen molar-refractivity contribution in [1.29, 1.82) is 0 Å². The third-order valence-electron chi connectivity index (χ3n) is 7.89. The Bertz CT molecular complexity index is 1680. The Balaban J connectivity index is 1.05. The van der Waals surface area contributed by atoms with Gasteiger partial charge >= 0.3 is 0 Å². The van der Waals surface area contributed by atoms with E-state index in [1.807, 2.05) is 31.3 Å². The smallest absolute Gasteiger partial charge is 0.252 e. The molecule has 0 spiro atoms. The fourth-order valence-electron chi connectivity index (χ4n) is 5.85. The highest BCUT2D eigenvalue weighted by molar-refractivity contribution is 5.95. The van der Waals surface area contributed by atoms with Gasteiger partial charge in [-0.1, -0.05) is 54.6 Å². The summed E-state index contributed by atoms with van der Waals surface area (Å²) in [6.07, 6.45) is 5.00. The molecule has 0 amide bonds. The molecule has 0 radical (unpaired) electrons. The van der Waals surface area contributed by atoms with Crippen molar-refractivity contribution < 1.29 is 4.39 Å². The molecule has 0 aliphatic carbocycles. The van der Waals surface area contributed by atoms with E-state index in [0.717, 1.165) is 72.5 Å². The van der Waals surface area contributed by atoms with Gasteiger partial charge in [-0.25, -0.2) is 13.9 Å². The van der Waals surface area contributed by atoms with Crippen molar-refractivity contribution in [2.75, 3.05) is 13.1 Å². The second-order valence-electron chi connectivity index (χ2n) is 10.6. The standard InChI is InChI=1S/C32H29FN6/c1-21-34-32-36-31(28(20-39(32)37-21)23-5-3-2-4-6-23)25-9-7-22(8-10-25)19-38-15-13-24(14-16-38)30-18-26-17-27(33)11-12-29(26)35-30/h2-12,17,20,24H,13-16,18-19H2,1H3. The summed E-state index contributed by atoms with van der Waals surface area (Å²) in [7, 11) is 0. The van der Waals surface area contributed by atoms with Gasteiger partial charge in [0.2, 0.25) is 0 Å². The predicted octanol–water partition coefficient (Wildman–Crippen LogP) is 6.45. The van der Waals surface area contributed by atoms with Gasteiger partial charge in [0.15, 0.2) is 0 Å². The van der Waals surface area contributed by atoms with Crippen LogP contribution in [0.5, 0.6) is 0 Å². The van der Waals surface area contributed by atoms with Crippen molar-refractivity contribution in [3.8, 4) is 22.4 Å². The Morgan fingerprint density at radius 2 is 1.69 bits per heavy atom. The second-order valence-corrected chi connectivity index (χ2v) is 10.6. The van der Waals surface area contributed by atoms with E-state index in [1.165, 1.54) is 17.3 Å². The lowest BCUT2D eigenvalue weighted by molar-refractivity contribution is 0.201. The Morgan fingerprint density at radius 3 is 2.49 bits per heavy atom. The molecule has 7 rings (SSSR count). The van der Waals surface area contributed by atoms with Crippen LogP contribution in [0.3, 0.4) is 0 Å². The quantitative estimate of drug-likeness (QED) is 0.270. The maximum Gasteiger partial charge on any atom is 0.252 e. The Labute approximate surface area is 226 Å². The minimum Gasteiger partial charge on any atom is -0.299 e. The zero-order valence-electron chi connectivity index (χ0n) is 21.9. The number of aliphatic imine (C=N–C) groups is 1. The van der Waals surface area contributed by atoms with E-state index >= 15 is 0 Å². The number of aryl methyl sites for hydroxylation is 1. The first-order valence-corrected chi connectivity index (χ1v) is 13.6. The van der Waals surface area contributed by atoms with Gasteiger partial charge < -0.3 is 0 Å². The molecule has 39 heavy (non-hydrogen) atoms. The highest BCUT2D eigenvalue weighted by atomic mass is 19.1. The van der Waals surface area contributed by atoms with Crippen LogP contribution in [-0.2, 0) is 13.0 Å². The van der Waals surface area contributed by atoms with Crippen LogP contribution in [0.15, 0.2) is 84.0 Å². The zero-order chi connectivity index (χ0) is 26.3. The summed E-state index contributed by atoms with van der Waals surface area (Å²) in [5.74, 6) is 1.62. The van der Waals surface area contributed by atoms with Crippen LogP contribution >= 0.6 is 0 Å². The lowest BCUT2D eigenvalue weighted by Gasteiger charge is -2.32. The van der Waals surface area contributed by atoms with E-state index in [-0.39, 0.29) is 5.82 Å². The molecule has 1 fully saturated rings. The van der Waals surface area contributed by atoms with Gasteiger partial charge in [-0.15, -0.1) is 0 Å². The molecule has 0 atom stereocenters. The van der Waals surface area contributed by atoms with Crippen molar-refractivity contribution in [1.82, 2.24) is 24.5 Å². The largest absolute Gasteiger partial charge is 0.299 e. The van der Waals surface area contributed by atoms with Gasteiger partial charge in [-0.05, 0) is 67.7 Å². The van der Waals surface area contributed by atoms with Gasteiger partial charge in [0.25, 0.3) is 5.78 Å². The van der Waals surface area contributed by atoms with Gasteiger partial charge in [0.05, 0.1) is 11.4 Å². The zero-order valence-corrected chi connectivity index (χ0v) is 21.9. The summed E-state index contributed by atoms with van der Waals surface area (Å²) in [5, 5.41) is 4.47. The average Bonchev–Trinajstić information content (AvgIpc) is 3.55. The molecule has 2 aliphatic heterocycles.